The Morgan fingerprint density at radius 1 is 0.897 bits per heavy atom. The van der Waals surface area contributed by atoms with Gasteiger partial charge in [0.2, 0.25) is 23.6 Å². The quantitative estimate of drug-likeness (QED) is 0.240. The first-order valence-corrected chi connectivity index (χ1v) is 12.9. The number of aliphatic carboxylic acids is 1. The number of primary amides is 1. The summed E-state index contributed by atoms with van der Waals surface area (Å²) in [6.45, 7) is 0.314. The lowest BCUT2D eigenvalue weighted by Gasteiger charge is -2.28. The van der Waals surface area contributed by atoms with Gasteiger partial charge < -0.3 is 32.1 Å². The minimum atomic E-state index is -1.21. The zero-order valence-electron chi connectivity index (χ0n) is 21.6. The fourth-order valence-corrected chi connectivity index (χ4v) is 4.59. The van der Waals surface area contributed by atoms with Crippen molar-refractivity contribution in [2.24, 2.45) is 11.5 Å². The molecule has 7 N–H and O–H groups in total. The van der Waals surface area contributed by atoms with Crippen molar-refractivity contribution < 1.29 is 29.1 Å². The first-order valence-electron chi connectivity index (χ1n) is 12.9. The summed E-state index contributed by atoms with van der Waals surface area (Å²) in [5, 5.41) is 15.0. The van der Waals surface area contributed by atoms with E-state index in [1.54, 1.807) is 48.5 Å². The van der Waals surface area contributed by atoms with Gasteiger partial charge in [-0.25, -0.2) is 4.79 Å². The Hall–Kier alpha value is -4.25. The second-order valence-electron chi connectivity index (χ2n) is 9.64. The van der Waals surface area contributed by atoms with Gasteiger partial charge in [0.15, 0.2) is 0 Å². The van der Waals surface area contributed by atoms with Crippen LogP contribution in [0.3, 0.4) is 0 Å². The van der Waals surface area contributed by atoms with Crippen molar-refractivity contribution in [3.05, 3.63) is 71.8 Å². The number of nitrogens with one attached hydrogen (secondary N) is 2. The van der Waals surface area contributed by atoms with Crippen LogP contribution in [0.15, 0.2) is 60.7 Å². The minimum absolute atomic E-state index is 0.0509. The summed E-state index contributed by atoms with van der Waals surface area (Å²) in [6.07, 6.45) is 1.16. The molecule has 39 heavy (non-hydrogen) atoms. The Labute approximate surface area is 226 Å². The molecule has 11 heteroatoms. The molecule has 0 aliphatic carbocycles. The minimum Gasteiger partial charge on any atom is -0.480 e. The van der Waals surface area contributed by atoms with Gasteiger partial charge in [-0.1, -0.05) is 60.7 Å². The molecule has 1 aliphatic rings. The molecule has 0 bridgehead atoms. The molecule has 208 valence electrons. The molecule has 1 saturated heterocycles. The van der Waals surface area contributed by atoms with Gasteiger partial charge >= 0.3 is 5.97 Å². The second kappa shape index (κ2) is 14.1. The number of carbonyl (C=O) groups excluding carboxylic acids is 4. The maximum atomic E-state index is 13.3. The second-order valence-corrected chi connectivity index (χ2v) is 9.64. The molecule has 11 nitrogen and oxygen atoms in total. The monoisotopic (exact) mass is 537 g/mol. The molecule has 0 spiro atoms. The number of nitrogens with zero attached hydrogens (tertiary/aromatic N) is 1. The van der Waals surface area contributed by atoms with Crippen LogP contribution in [-0.4, -0.2) is 70.3 Å². The fraction of sp³-hybridized carbons (Fsp3) is 0.393. The summed E-state index contributed by atoms with van der Waals surface area (Å²) >= 11 is 0. The Bertz CT molecular complexity index is 1160. The molecule has 0 aromatic heterocycles. The van der Waals surface area contributed by atoms with E-state index in [-0.39, 0.29) is 25.7 Å². The molecule has 4 atom stereocenters. The van der Waals surface area contributed by atoms with Crippen LogP contribution in [0, 0.1) is 0 Å². The van der Waals surface area contributed by atoms with Crippen molar-refractivity contribution in [2.45, 2.75) is 62.7 Å². The molecule has 4 amide bonds. The zero-order chi connectivity index (χ0) is 28.4. The molecule has 2 aromatic carbocycles. The lowest BCUT2D eigenvalue weighted by atomic mass is 10.0. The molecule has 0 radical (unpaired) electrons. The molecule has 3 rings (SSSR count). The number of carboxylic acids is 1. The summed E-state index contributed by atoms with van der Waals surface area (Å²) in [6, 6.07) is 13.8. The van der Waals surface area contributed by atoms with E-state index in [1.807, 2.05) is 12.1 Å². The van der Waals surface area contributed by atoms with Crippen molar-refractivity contribution in [3.63, 3.8) is 0 Å². The summed E-state index contributed by atoms with van der Waals surface area (Å²) in [5.41, 5.74) is 12.6. The number of amides is 4. The van der Waals surface area contributed by atoms with E-state index in [0.29, 0.717) is 19.4 Å². The van der Waals surface area contributed by atoms with Gasteiger partial charge in [0.05, 0.1) is 6.04 Å². The third kappa shape index (κ3) is 8.64. The highest BCUT2D eigenvalue weighted by Gasteiger charge is 2.38. The Morgan fingerprint density at radius 3 is 2.00 bits per heavy atom. The highest BCUT2D eigenvalue weighted by atomic mass is 16.4. The van der Waals surface area contributed by atoms with Crippen molar-refractivity contribution in [3.8, 4) is 0 Å². The fourth-order valence-electron chi connectivity index (χ4n) is 4.59. The van der Waals surface area contributed by atoms with Gasteiger partial charge in [-0.2, -0.15) is 0 Å². The smallest absolute Gasteiger partial charge is 0.326 e. The SMILES string of the molecule is NC(=O)CCC(N)C(=O)N1CCCC1C(=O)NC(Cc1ccccc1)C(=O)NC(Cc1ccccc1)C(=O)O. The average molecular weight is 538 g/mol. The van der Waals surface area contributed by atoms with E-state index in [0.717, 1.165) is 11.1 Å². The summed E-state index contributed by atoms with van der Waals surface area (Å²) in [7, 11) is 0. The van der Waals surface area contributed by atoms with Crippen LogP contribution in [0.1, 0.15) is 36.8 Å². The van der Waals surface area contributed by atoms with Gasteiger partial charge in [-0.15, -0.1) is 0 Å². The van der Waals surface area contributed by atoms with Crippen LogP contribution in [0.4, 0.5) is 0 Å². The van der Waals surface area contributed by atoms with Crippen molar-refractivity contribution in [2.75, 3.05) is 6.54 Å². The lowest BCUT2D eigenvalue weighted by Crippen LogP contribution is -2.57. The molecule has 2 aromatic rings. The number of hydrogen-bond donors (Lipinski definition) is 5. The largest absolute Gasteiger partial charge is 0.480 e. The Kier molecular flexibility index (Phi) is 10.6. The van der Waals surface area contributed by atoms with E-state index >= 15 is 0 Å². The van der Waals surface area contributed by atoms with E-state index in [1.165, 1.54) is 4.90 Å². The molecule has 1 aliphatic heterocycles. The number of benzene rings is 2. The first kappa shape index (κ1) is 29.3. The Morgan fingerprint density at radius 2 is 1.46 bits per heavy atom. The number of likely N-dealkylation sites (tertiary alicyclic amines) is 1. The summed E-state index contributed by atoms with van der Waals surface area (Å²) in [5.74, 6) is -3.42. The van der Waals surface area contributed by atoms with Crippen LogP contribution in [-0.2, 0) is 36.8 Å². The van der Waals surface area contributed by atoms with Crippen LogP contribution in [0.25, 0.3) is 0 Å². The lowest BCUT2D eigenvalue weighted by molar-refractivity contribution is -0.143. The van der Waals surface area contributed by atoms with Crippen LogP contribution >= 0.6 is 0 Å². The molecule has 0 saturated carbocycles. The highest BCUT2D eigenvalue weighted by Crippen LogP contribution is 2.20. The predicted molar refractivity (Wildman–Crippen MR) is 143 cm³/mol. The summed E-state index contributed by atoms with van der Waals surface area (Å²) in [4.78, 5) is 64.0. The van der Waals surface area contributed by atoms with Crippen LogP contribution in [0.2, 0.25) is 0 Å². The maximum Gasteiger partial charge on any atom is 0.326 e. The van der Waals surface area contributed by atoms with Gasteiger partial charge in [0, 0.05) is 25.8 Å². The van der Waals surface area contributed by atoms with Gasteiger partial charge in [-0.05, 0) is 30.4 Å². The van der Waals surface area contributed by atoms with Crippen LogP contribution < -0.4 is 22.1 Å². The van der Waals surface area contributed by atoms with E-state index in [4.69, 9.17) is 11.5 Å². The standard InChI is InChI=1S/C28H35N5O6/c29-20(13-14-24(30)34)27(37)33-15-7-12-23(33)26(36)31-21(16-18-8-3-1-4-9-18)25(35)32-22(28(38)39)17-19-10-5-2-6-11-19/h1-6,8-11,20-23H,7,12-17,29H2,(H2,30,34)(H,31,36)(H,32,35)(H,38,39). The molecular formula is C28H35N5O6. The van der Waals surface area contributed by atoms with Crippen LogP contribution in [0.5, 0.6) is 0 Å². The van der Waals surface area contributed by atoms with Crippen molar-refractivity contribution >= 4 is 29.6 Å². The first-order chi connectivity index (χ1) is 18.7. The molecule has 1 fully saturated rings. The van der Waals surface area contributed by atoms with E-state index in [9.17, 15) is 29.1 Å². The topological polar surface area (TPSA) is 185 Å². The maximum absolute atomic E-state index is 13.3. The zero-order valence-corrected chi connectivity index (χ0v) is 21.6. The molecule has 1 heterocycles. The highest BCUT2D eigenvalue weighted by molar-refractivity contribution is 5.94. The van der Waals surface area contributed by atoms with Crippen molar-refractivity contribution in [1.82, 2.24) is 15.5 Å². The summed E-state index contributed by atoms with van der Waals surface area (Å²) < 4.78 is 0. The predicted octanol–water partition coefficient (Wildman–Crippen LogP) is 0.110. The molecule has 4 unspecified atom stereocenters. The third-order valence-electron chi connectivity index (χ3n) is 6.67. The third-order valence-corrected chi connectivity index (χ3v) is 6.67. The van der Waals surface area contributed by atoms with Gasteiger partial charge in [-0.3, -0.25) is 19.2 Å². The Balaban J connectivity index is 1.74. The number of hydrogen-bond acceptors (Lipinski definition) is 6. The van der Waals surface area contributed by atoms with Gasteiger partial charge in [0.25, 0.3) is 0 Å². The molecular weight excluding hydrogens is 502 g/mol. The number of nitrogens with two attached hydrogens (primary N) is 2. The normalized spacial score (nSPS) is 17.1. The van der Waals surface area contributed by atoms with E-state index < -0.39 is 53.8 Å². The number of rotatable bonds is 13. The number of carboxylic acid groups (broad SMARTS) is 1. The van der Waals surface area contributed by atoms with Crippen molar-refractivity contribution in [1.29, 1.82) is 0 Å². The van der Waals surface area contributed by atoms with Gasteiger partial charge in [0.1, 0.15) is 18.1 Å². The van der Waals surface area contributed by atoms with E-state index in [2.05, 4.69) is 10.6 Å². The number of carbonyl (C=O) groups is 5. The average Bonchev–Trinajstić information content (AvgIpc) is 3.41.